The van der Waals surface area contributed by atoms with Gasteiger partial charge in [-0.25, -0.2) is 4.99 Å². The molecule has 1 fully saturated rings. The third-order valence-corrected chi connectivity index (χ3v) is 3.42. The number of hydrogen-bond donors (Lipinski definition) is 2. The molecule has 0 bridgehead atoms. The first-order chi connectivity index (χ1) is 11.3. The number of nitrogens with zero attached hydrogens (tertiary/aromatic N) is 3. The number of rotatable bonds is 9. The van der Waals surface area contributed by atoms with E-state index >= 15 is 0 Å². The summed E-state index contributed by atoms with van der Waals surface area (Å²) in [4.78, 5) is 8.55. The maximum absolute atomic E-state index is 5.68. The molecule has 9 heteroatoms. The number of ether oxygens (including phenoxy) is 2. The summed E-state index contributed by atoms with van der Waals surface area (Å²) in [6, 6.07) is 0. The molecule has 0 spiro atoms. The third kappa shape index (κ3) is 8.25. The quantitative estimate of drug-likeness (QED) is 0.253. The lowest BCUT2D eigenvalue weighted by molar-refractivity contribution is 0.0888. The van der Waals surface area contributed by atoms with Gasteiger partial charge >= 0.3 is 0 Å². The van der Waals surface area contributed by atoms with Crippen LogP contribution < -0.4 is 10.6 Å². The van der Waals surface area contributed by atoms with Gasteiger partial charge in [0.05, 0.1) is 13.2 Å². The van der Waals surface area contributed by atoms with Gasteiger partial charge < -0.3 is 24.6 Å². The summed E-state index contributed by atoms with van der Waals surface area (Å²) in [6.07, 6.45) is 2.04. The van der Waals surface area contributed by atoms with Crippen molar-refractivity contribution in [3.05, 3.63) is 11.7 Å². The molecule has 138 valence electrons. The summed E-state index contributed by atoms with van der Waals surface area (Å²) in [5.74, 6) is 2.45. The molecule has 0 amide bonds. The fourth-order valence-electron chi connectivity index (χ4n) is 2.24. The predicted octanol–water partition coefficient (Wildman–Crippen LogP) is 1.49. The topological polar surface area (TPSA) is 93.8 Å². The minimum absolute atomic E-state index is 0. The minimum Gasteiger partial charge on any atom is -0.381 e. The zero-order chi connectivity index (χ0) is 16.3. The summed E-state index contributed by atoms with van der Waals surface area (Å²) in [6.45, 7) is 9.04. The summed E-state index contributed by atoms with van der Waals surface area (Å²) >= 11 is 0. The van der Waals surface area contributed by atoms with E-state index in [1.807, 2.05) is 6.92 Å². The first-order valence-electron chi connectivity index (χ1n) is 8.24. The van der Waals surface area contributed by atoms with Crippen LogP contribution in [0.4, 0.5) is 0 Å². The van der Waals surface area contributed by atoms with Gasteiger partial charge in [0.15, 0.2) is 11.8 Å². The zero-order valence-corrected chi connectivity index (χ0v) is 16.7. The van der Waals surface area contributed by atoms with E-state index < -0.39 is 0 Å². The van der Waals surface area contributed by atoms with Crippen molar-refractivity contribution < 1.29 is 14.0 Å². The number of hydrogen-bond acceptors (Lipinski definition) is 6. The highest BCUT2D eigenvalue weighted by atomic mass is 127. The molecule has 0 aliphatic carbocycles. The van der Waals surface area contributed by atoms with Crippen molar-refractivity contribution in [2.75, 3.05) is 39.5 Å². The van der Waals surface area contributed by atoms with Crippen molar-refractivity contribution in [3.8, 4) is 0 Å². The lowest BCUT2D eigenvalue weighted by atomic mass is 10.1. The van der Waals surface area contributed by atoms with E-state index in [9.17, 15) is 0 Å². The Bertz CT molecular complexity index is 477. The van der Waals surface area contributed by atoms with Crippen molar-refractivity contribution in [2.24, 2.45) is 10.9 Å². The number of aryl methyl sites for hydroxylation is 1. The Morgan fingerprint density at radius 3 is 2.96 bits per heavy atom. The van der Waals surface area contributed by atoms with Crippen LogP contribution in [-0.2, 0) is 16.0 Å². The molecule has 2 heterocycles. The monoisotopic (exact) mass is 453 g/mol. The summed E-state index contributed by atoms with van der Waals surface area (Å²) in [7, 11) is 0. The number of guanidine groups is 1. The summed E-state index contributed by atoms with van der Waals surface area (Å²) in [5, 5.41) is 10.2. The standard InChI is InChI=1S/C15H27N5O3.HI/c1-3-16-15(18-9-14-19-12(2)20-23-14)17-6-4-7-21-10-13-5-8-22-11-13;/h13H,3-11H2,1-2H3,(H2,16,17,18);1H. The lowest BCUT2D eigenvalue weighted by Crippen LogP contribution is -2.38. The van der Waals surface area contributed by atoms with E-state index in [2.05, 4.69) is 25.8 Å². The van der Waals surface area contributed by atoms with Gasteiger partial charge in [0.25, 0.3) is 0 Å². The fourth-order valence-corrected chi connectivity index (χ4v) is 2.24. The van der Waals surface area contributed by atoms with Crippen LogP contribution in [0.3, 0.4) is 0 Å². The highest BCUT2D eigenvalue weighted by Gasteiger charge is 2.15. The SMILES string of the molecule is CCNC(=NCc1nc(C)no1)NCCCOCC1CCOC1.I. The molecule has 0 aromatic carbocycles. The van der Waals surface area contributed by atoms with Crippen LogP contribution in [0.5, 0.6) is 0 Å². The van der Waals surface area contributed by atoms with Gasteiger partial charge in [0, 0.05) is 32.2 Å². The van der Waals surface area contributed by atoms with Gasteiger partial charge in [-0.05, 0) is 26.7 Å². The molecule has 1 aliphatic rings. The van der Waals surface area contributed by atoms with Gasteiger partial charge in [-0.1, -0.05) is 5.16 Å². The van der Waals surface area contributed by atoms with Crippen molar-refractivity contribution >= 4 is 29.9 Å². The Morgan fingerprint density at radius 2 is 2.29 bits per heavy atom. The number of halogens is 1. The van der Waals surface area contributed by atoms with E-state index in [1.165, 1.54) is 0 Å². The Kier molecular flexibility index (Phi) is 10.9. The number of nitrogens with one attached hydrogen (secondary N) is 2. The smallest absolute Gasteiger partial charge is 0.248 e. The molecule has 1 saturated heterocycles. The minimum atomic E-state index is 0. The first kappa shape index (κ1) is 21.1. The lowest BCUT2D eigenvalue weighted by Gasteiger charge is -2.12. The average molecular weight is 453 g/mol. The molecule has 2 rings (SSSR count). The molecule has 1 unspecified atom stereocenters. The molecular weight excluding hydrogens is 425 g/mol. The van der Waals surface area contributed by atoms with E-state index in [0.29, 0.717) is 24.2 Å². The van der Waals surface area contributed by atoms with E-state index in [4.69, 9.17) is 14.0 Å². The van der Waals surface area contributed by atoms with E-state index in [-0.39, 0.29) is 24.0 Å². The highest BCUT2D eigenvalue weighted by molar-refractivity contribution is 14.0. The average Bonchev–Trinajstić information content (AvgIpc) is 3.19. The van der Waals surface area contributed by atoms with Crippen LogP contribution in [-0.4, -0.2) is 55.6 Å². The van der Waals surface area contributed by atoms with Gasteiger partial charge in [-0.15, -0.1) is 24.0 Å². The van der Waals surface area contributed by atoms with Gasteiger partial charge in [0.2, 0.25) is 5.89 Å². The molecule has 24 heavy (non-hydrogen) atoms. The van der Waals surface area contributed by atoms with Crippen LogP contribution >= 0.6 is 24.0 Å². The molecule has 0 radical (unpaired) electrons. The summed E-state index contributed by atoms with van der Waals surface area (Å²) in [5.41, 5.74) is 0. The Balaban J connectivity index is 0.00000288. The molecule has 8 nitrogen and oxygen atoms in total. The van der Waals surface area contributed by atoms with Crippen molar-refractivity contribution in [1.29, 1.82) is 0 Å². The Hall–Kier alpha value is -0.940. The maximum atomic E-state index is 5.68. The van der Waals surface area contributed by atoms with Crippen LogP contribution in [0, 0.1) is 12.8 Å². The third-order valence-electron chi connectivity index (χ3n) is 3.42. The molecule has 1 aromatic rings. The van der Waals surface area contributed by atoms with E-state index in [1.54, 1.807) is 6.92 Å². The maximum Gasteiger partial charge on any atom is 0.248 e. The second-order valence-electron chi connectivity index (χ2n) is 5.52. The normalized spacial score (nSPS) is 17.6. The molecule has 0 saturated carbocycles. The molecule has 1 aliphatic heterocycles. The van der Waals surface area contributed by atoms with Gasteiger partial charge in [-0.2, -0.15) is 4.98 Å². The number of aliphatic imine (C=N–C) groups is 1. The zero-order valence-electron chi connectivity index (χ0n) is 14.4. The number of aromatic nitrogens is 2. The van der Waals surface area contributed by atoms with Crippen molar-refractivity contribution in [1.82, 2.24) is 20.8 Å². The molecule has 1 atom stereocenters. The van der Waals surface area contributed by atoms with Gasteiger partial charge in [0.1, 0.15) is 6.54 Å². The molecular formula is C15H28IN5O3. The predicted molar refractivity (Wildman–Crippen MR) is 102 cm³/mol. The largest absolute Gasteiger partial charge is 0.381 e. The second-order valence-corrected chi connectivity index (χ2v) is 5.52. The van der Waals surface area contributed by atoms with Gasteiger partial charge in [-0.3, -0.25) is 0 Å². The second kappa shape index (κ2) is 12.4. The van der Waals surface area contributed by atoms with Crippen molar-refractivity contribution in [3.63, 3.8) is 0 Å². The van der Waals surface area contributed by atoms with Crippen molar-refractivity contribution in [2.45, 2.75) is 33.2 Å². The fraction of sp³-hybridized carbons (Fsp3) is 0.800. The highest BCUT2D eigenvalue weighted by Crippen LogP contribution is 2.12. The summed E-state index contributed by atoms with van der Waals surface area (Å²) < 4.78 is 16.0. The van der Waals surface area contributed by atoms with Crippen LogP contribution in [0.2, 0.25) is 0 Å². The Labute approximate surface area is 160 Å². The molecule has 2 N–H and O–H groups in total. The van der Waals surface area contributed by atoms with E-state index in [0.717, 1.165) is 58.3 Å². The Morgan fingerprint density at radius 1 is 1.42 bits per heavy atom. The first-order valence-corrected chi connectivity index (χ1v) is 8.24. The molecule has 1 aromatic heterocycles. The van der Waals surface area contributed by atoms with Crippen LogP contribution in [0.15, 0.2) is 9.52 Å². The van der Waals surface area contributed by atoms with Crippen LogP contribution in [0.1, 0.15) is 31.5 Å². The van der Waals surface area contributed by atoms with Crippen LogP contribution in [0.25, 0.3) is 0 Å².